The highest BCUT2D eigenvalue weighted by Crippen LogP contribution is 2.26. The Hall–Kier alpha value is -3.06. The number of fused-ring (bicyclic) bond motifs is 1. The first-order chi connectivity index (χ1) is 9.79. The topological polar surface area (TPSA) is 70.0 Å². The van der Waals surface area contributed by atoms with E-state index in [0.717, 1.165) is 0 Å². The maximum atomic E-state index is 10.2. The summed E-state index contributed by atoms with van der Waals surface area (Å²) in [6, 6.07) is 18.0. The van der Waals surface area contributed by atoms with Crippen molar-refractivity contribution in [2.75, 3.05) is 0 Å². The summed E-state index contributed by atoms with van der Waals surface area (Å²) in [4.78, 5) is 4.22. The summed E-state index contributed by atoms with van der Waals surface area (Å²) in [6.45, 7) is 0. The van der Waals surface area contributed by atoms with E-state index >= 15 is 0 Å². The van der Waals surface area contributed by atoms with Crippen LogP contribution < -0.4 is 0 Å². The van der Waals surface area contributed by atoms with E-state index in [4.69, 9.17) is 4.42 Å². The maximum absolute atomic E-state index is 10.2. The monoisotopic (exact) mass is 262 g/mol. The molecule has 0 bridgehead atoms. The first kappa shape index (κ1) is 12.0. The van der Waals surface area contributed by atoms with Gasteiger partial charge in [0.1, 0.15) is 17.3 Å². The van der Waals surface area contributed by atoms with Gasteiger partial charge < -0.3 is 9.52 Å². The number of allylic oxidation sites excluding steroid dienone is 1. The summed E-state index contributed by atoms with van der Waals surface area (Å²) < 4.78 is 5.51. The van der Waals surface area contributed by atoms with Gasteiger partial charge in [-0.2, -0.15) is 5.26 Å². The van der Waals surface area contributed by atoms with Gasteiger partial charge in [0.05, 0.1) is 0 Å². The number of nitrogens with zero attached hydrogens (tertiary/aromatic N) is 2. The van der Waals surface area contributed by atoms with Crippen molar-refractivity contribution in [3.63, 3.8) is 0 Å². The summed E-state index contributed by atoms with van der Waals surface area (Å²) in [5, 5.41) is 19.5. The van der Waals surface area contributed by atoms with Crippen LogP contribution in [0.1, 0.15) is 11.5 Å². The third-order valence-corrected chi connectivity index (χ3v) is 2.90. The lowest BCUT2D eigenvalue weighted by Gasteiger charge is -2.01. The second-order valence-corrected chi connectivity index (χ2v) is 4.19. The lowest BCUT2D eigenvalue weighted by Crippen LogP contribution is -1.90. The normalized spacial score (nSPS) is 11.9. The van der Waals surface area contributed by atoms with E-state index in [2.05, 4.69) is 4.98 Å². The van der Waals surface area contributed by atoms with Gasteiger partial charge in [0, 0.05) is 5.56 Å². The van der Waals surface area contributed by atoms with Gasteiger partial charge in [-0.05, 0) is 12.1 Å². The molecule has 0 fully saturated rings. The summed E-state index contributed by atoms with van der Waals surface area (Å²) in [5.41, 5.74) is 1.80. The van der Waals surface area contributed by atoms with Gasteiger partial charge in [0.15, 0.2) is 11.2 Å². The highest BCUT2D eigenvalue weighted by Gasteiger charge is 2.16. The first-order valence-electron chi connectivity index (χ1n) is 6.04. The minimum absolute atomic E-state index is 0.0207. The zero-order valence-corrected chi connectivity index (χ0v) is 10.4. The number of nitriles is 1. The molecule has 0 saturated carbocycles. The van der Waals surface area contributed by atoms with Gasteiger partial charge in [-0.15, -0.1) is 0 Å². The molecule has 0 atom stereocenters. The number of para-hydroxylation sites is 2. The molecule has 20 heavy (non-hydrogen) atoms. The van der Waals surface area contributed by atoms with E-state index in [1.54, 1.807) is 36.4 Å². The number of aliphatic hydroxyl groups is 1. The van der Waals surface area contributed by atoms with E-state index in [0.29, 0.717) is 16.7 Å². The number of benzene rings is 2. The van der Waals surface area contributed by atoms with Crippen molar-refractivity contribution >= 4 is 22.4 Å². The molecule has 0 aliphatic carbocycles. The van der Waals surface area contributed by atoms with Gasteiger partial charge in [-0.1, -0.05) is 42.5 Å². The SMILES string of the molecule is N#CC(=C(O)c1ccccc1)c1nc2ccccc2o1. The number of oxazole rings is 1. The van der Waals surface area contributed by atoms with Gasteiger partial charge in [-0.25, -0.2) is 4.98 Å². The second kappa shape index (κ2) is 4.90. The van der Waals surface area contributed by atoms with Gasteiger partial charge >= 0.3 is 0 Å². The molecule has 2 aromatic carbocycles. The maximum Gasteiger partial charge on any atom is 0.241 e. The van der Waals surface area contributed by atoms with E-state index in [1.165, 1.54) is 0 Å². The third kappa shape index (κ3) is 2.02. The molecule has 3 aromatic rings. The van der Waals surface area contributed by atoms with Crippen molar-refractivity contribution in [2.45, 2.75) is 0 Å². The molecule has 0 saturated heterocycles. The summed E-state index contributed by atoms with van der Waals surface area (Å²) in [6.07, 6.45) is 0. The Balaban J connectivity index is 2.17. The predicted octanol–water partition coefficient (Wildman–Crippen LogP) is 3.78. The van der Waals surface area contributed by atoms with Crippen LogP contribution in [0.3, 0.4) is 0 Å². The third-order valence-electron chi connectivity index (χ3n) is 2.90. The molecule has 0 unspecified atom stereocenters. The van der Waals surface area contributed by atoms with Crippen LogP contribution in [0.4, 0.5) is 0 Å². The van der Waals surface area contributed by atoms with Gasteiger partial charge in [0.25, 0.3) is 0 Å². The Morgan fingerprint density at radius 1 is 1.05 bits per heavy atom. The minimum Gasteiger partial charge on any atom is -0.506 e. The molecule has 0 spiro atoms. The molecular weight excluding hydrogens is 252 g/mol. The molecule has 0 amide bonds. The predicted molar refractivity (Wildman–Crippen MR) is 75.5 cm³/mol. The average Bonchev–Trinajstić information content (AvgIpc) is 2.92. The molecule has 1 N–H and O–H groups in total. The zero-order chi connectivity index (χ0) is 13.9. The second-order valence-electron chi connectivity index (χ2n) is 4.19. The smallest absolute Gasteiger partial charge is 0.241 e. The van der Waals surface area contributed by atoms with Crippen molar-refractivity contribution in [1.29, 1.82) is 5.26 Å². The summed E-state index contributed by atoms with van der Waals surface area (Å²) in [5.74, 6) is -0.0188. The van der Waals surface area contributed by atoms with Crippen LogP contribution in [0.25, 0.3) is 22.4 Å². The van der Waals surface area contributed by atoms with Crippen molar-refractivity contribution < 1.29 is 9.52 Å². The molecule has 3 rings (SSSR count). The Morgan fingerprint density at radius 2 is 1.75 bits per heavy atom. The number of hydrogen-bond donors (Lipinski definition) is 1. The molecule has 0 radical (unpaired) electrons. The Bertz CT molecular complexity index is 793. The van der Waals surface area contributed by atoms with E-state index in [-0.39, 0.29) is 17.2 Å². The van der Waals surface area contributed by atoms with Crippen LogP contribution in [-0.4, -0.2) is 10.1 Å². The van der Waals surface area contributed by atoms with Crippen molar-refractivity contribution in [3.05, 3.63) is 66.1 Å². The Kier molecular flexibility index (Phi) is 2.94. The fourth-order valence-corrected chi connectivity index (χ4v) is 1.92. The van der Waals surface area contributed by atoms with E-state index in [1.807, 2.05) is 24.3 Å². The fourth-order valence-electron chi connectivity index (χ4n) is 1.92. The van der Waals surface area contributed by atoms with E-state index < -0.39 is 0 Å². The largest absolute Gasteiger partial charge is 0.506 e. The quantitative estimate of drug-likeness (QED) is 0.563. The van der Waals surface area contributed by atoms with Crippen molar-refractivity contribution in [3.8, 4) is 6.07 Å². The molecule has 4 heteroatoms. The number of hydrogen-bond acceptors (Lipinski definition) is 4. The van der Waals surface area contributed by atoms with Crippen molar-refractivity contribution in [1.82, 2.24) is 4.98 Å². The van der Waals surface area contributed by atoms with Gasteiger partial charge in [-0.3, -0.25) is 0 Å². The molecule has 4 nitrogen and oxygen atoms in total. The lowest BCUT2D eigenvalue weighted by atomic mass is 10.1. The molecule has 1 aromatic heterocycles. The standard InChI is InChI=1S/C16H10N2O2/c17-10-12(15(19)11-6-2-1-3-7-11)16-18-13-8-4-5-9-14(13)20-16/h1-9,19H. The van der Waals surface area contributed by atoms with Crippen LogP contribution in [-0.2, 0) is 0 Å². The summed E-state index contributed by atoms with van der Waals surface area (Å²) in [7, 11) is 0. The highest BCUT2D eigenvalue weighted by molar-refractivity contribution is 5.92. The van der Waals surface area contributed by atoms with Crippen molar-refractivity contribution in [2.24, 2.45) is 0 Å². The first-order valence-corrected chi connectivity index (χ1v) is 6.04. The number of rotatable bonds is 2. The van der Waals surface area contributed by atoms with Crippen LogP contribution >= 0.6 is 0 Å². The molecule has 1 heterocycles. The zero-order valence-electron chi connectivity index (χ0n) is 10.4. The molecular formula is C16H10N2O2. The van der Waals surface area contributed by atoms with Crippen LogP contribution in [0.2, 0.25) is 0 Å². The Morgan fingerprint density at radius 3 is 2.45 bits per heavy atom. The molecule has 0 aliphatic rings. The average molecular weight is 262 g/mol. The van der Waals surface area contributed by atoms with Crippen LogP contribution in [0.5, 0.6) is 0 Å². The molecule has 0 aliphatic heterocycles. The Labute approximate surface area is 115 Å². The van der Waals surface area contributed by atoms with Crippen LogP contribution in [0, 0.1) is 11.3 Å². The minimum atomic E-state index is -0.139. The number of aromatic nitrogens is 1. The highest BCUT2D eigenvalue weighted by atomic mass is 16.3. The number of aliphatic hydroxyl groups excluding tert-OH is 1. The molecule has 96 valence electrons. The van der Waals surface area contributed by atoms with Gasteiger partial charge in [0.2, 0.25) is 5.89 Å². The fraction of sp³-hybridized carbons (Fsp3) is 0. The summed E-state index contributed by atoms with van der Waals surface area (Å²) >= 11 is 0. The lowest BCUT2D eigenvalue weighted by molar-refractivity contribution is 0.510. The van der Waals surface area contributed by atoms with Crippen LogP contribution in [0.15, 0.2) is 59.0 Å². The van der Waals surface area contributed by atoms with E-state index in [9.17, 15) is 10.4 Å².